The zero-order chi connectivity index (χ0) is 18.3. The molecule has 1 amide bonds. The third-order valence-electron chi connectivity index (χ3n) is 4.08. The summed E-state index contributed by atoms with van der Waals surface area (Å²) in [7, 11) is 4.57. The quantitative estimate of drug-likeness (QED) is 0.702. The van der Waals surface area contributed by atoms with E-state index in [1.54, 1.807) is 7.05 Å². The fourth-order valence-corrected chi connectivity index (χ4v) is 2.68. The Kier molecular flexibility index (Phi) is 4.03. The zero-order valence-electron chi connectivity index (χ0n) is 14.4. The van der Waals surface area contributed by atoms with Gasteiger partial charge < -0.3 is 9.32 Å². The average molecular weight is 342 g/mol. The molecule has 3 rings (SSSR count). The second-order valence-corrected chi connectivity index (χ2v) is 5.97. The standard InChI is InChI=1S/C17H18N4O4/c1-10-5-6-12(25-10)9-19(2)15(22)11-7-13-14(18-8-11)20(3)17(24)21(4)16(13)23/h5-8H,9H2,1-4H3. The molecule has 0 aliphatic carbocycles. The van der Waals surface area contributed by atoms with Gasteiger partial charge in [-0.3, -0.25) is 18.7 Å². The summed E-state index contributed by atoms with van der Waals surface area (Å²) in [6.45, 7) is 2.13. The van der Waals surface area contributed by atoms with Gasteiger partial charge in [0.15, 0.2) is 0 Å². The minimum Gasteiger partial charge on any atom is -0.464 e. The maximum atomic E-state index is 12.6. The van der Waals surface area contributed by atoms with Crippen LogP contribution in [0.1, 0.15) is 21.9 Å². The zero-order valence-corrected chi connectivity index (χ0v) is 14.4. The minimum atomic E-state index is -0.482. The fraction of sp³-hybridized carbons (Fsp3) is 0.294. The number of furan rings is 1. The van der Waals surface area contributed by atoms with Crippen LogP contribution in [0.15, 0.2) is 38.4 Å². The average Bonchev–Trinajstić information content (AvgIpc) is 3.01. The Morgan fingerprint density at radius 1 is 1.24 bits per heavy atom. The predicted molar refractivity (Wildman–Crippen MR) is 91.5 cm³/mol. The Morgan fingerprint density at radius 3 is 2.60 bits per heavy atom. The predicted octanol–water partition coefficient (Wildman–Crippen LogP) is 0.806. The lowest BCUT2D eigenvalue weighted by Crippen LogP contribution is -2.37. The summed E-state index contributed by atoms with van der Waals surface area (Å²) >= 11 is 0. The molecule has 3 aromatic rings. The van der Waals surface area contributed by atoms with Gasteiger partial charge in [-0.2, -0.15) is 0 Å². The summed E-state index contributed by atoms with van der Waals surface area (Å²) in [6, 6.07) is 5.11. The molecule has 130 valence electrons. The number of fused-ring (bicyclic) bond motifs is 1. The highest BCUT2D eigenvalue weighted by atomic mass is 16.3. The number of aryl methyl sites for hydroxylation is 2. The first kappa shape index (κ1) is 16.7. The molecule has 0 fully saturated rings. The molecular weight excluding hydrogens is 324 g/mol. The van der Waals surface area contributed by atoms with Crippen molar-refractivity contribution in [1.82, 2.24) is 19.0 Å². The van der Waals surface area contributed by atoms with Gasteiger partial charge in [0, 0.05) is 27.3 Å². The Hall–Kier alpha value is -3.16. The number of hydrogen-bond acceptors (Lipinski definition) is 5. The molecule has 3 aromatic heterocycles. The Morgan fingerprint density at radius 2 is 1.96 bits per heavy atom. The van der Waals surface area contributed by atoms with Crippen molar-refractivity contribution in [2.75, 3.05) is 7.05 Å². The van der Waals surface area contributed by atoms with Crippen molar-refractivity contribution < 1.29 is 9.21 Å². The van der Waals surface area contributed by atoms with Crippen LogP contribution in [0.3, 0.4) is 0 Å². The van der Waals surface area contributed by atoms with E-state index in [1.807, 2.05) is 19.1 Å². The van der Waals surface area contributed by atoms with Crippen LogP contribution in [-0.2, 0) is 20.6 Å². The molecule has 0 spiro atoms. The van der Waals surface area contributed by atoms with Crippen LogP contribution in [-0.4, -0.2) is 32.0 Å². The van der Waals surface area contributed by atoms with Gasteiger partial charge in [-0.05, 0) is 25.1 Å². The highest BCUT2D eigenvalue weighted by Gasteiger charge is 2.17. The highest BCUT2D eigenvalue weighted by molar-refractivity contribution is 5.96. The smallest absolute Gasteiger partial charge is 0.332 e. The van der Waals surface area contributed by atoms with Crippen LogP contribution in [0.4, 0.5) is 0 Å². The van der Waals surface area contributed by atoms with E-state index in [9.17, 15) is 14.4 Å². The molecule has 8 heteroatoms. The highest BCUT2D eigenvalue weighted by Crippen LogP contribution is 2.13. The minimum absolute atomic E-state index is 0.220. The molecular formula is C17H18N4O4. The van der Waals surface area contributed by atoms with E-state index in [4.69, 9.17) is 4.42 Å². The molecule has 0 saturated carbocycles. The van der Waals surface area contributed by atoms with Crippen molar-refractivity contribution in [3.05, 3.63) is 62.3 Å². The lowest BCUT2D eigenvalue weighted by molar-refractivity contribution is 0.0774. The third kappa shape index (κ3) is 2.86. The van der Waals surface area contributed by atoms with E-state index in [0.29, 0.717) is 12.3 Å². The summed E-state index contributed by atoms with van der Waals surface area (Å²) in [5.74, 6) is 1.15. The SMILES string of the molecule is Cc1ccc(CN(C)C(=O)c2cnc3c(c2)c(=O)n(C)c(=O)n3C)o1. The maximum absolute atomic E-state index is 12.6. The van der Waals surface area contributed by atoms with Crippen molar-refractivity contribution >= 4 is 16.9 Å². The second-order valence-electron chi connectivity index (χ2n) is 5.97. The first-order valence-corrected chi connectivity index (χ1v) is 7.66. The number of carbonyl (C=O) groups excluding carboxylic acids is 1. The molecule has 0 aromatic carbocycles. The summed E-state index contributed by atoms with van der Waals surface area (Å²) < 4.78 is 7.75. The summed E-state index contributed by atoms with van der Waals surface area (Å²) in [5.41, 5.74) is -0.429. The van der Waals surface area contributed by atoms with E-state index in [2.05, 4.69) is 4.98 Å². The number of amides is 1. The van der Waals surface area contributed by atoms with Crippen molar-refractivity contribution in [2.24, 2.45) is 14.1 Å². The number of hydrogen-bond donors (Lipinski definition) is 0. The van der Waals surface area contributed by atoms with Gasteiger partial charge >= 0.3 is 5.69 Å². The molecule has 0 aliphatic heterocycles. The lowest BCUT2D eigenvalue weighted by Gasteiger charge is -2.16. The first-order chi connectivity index (χ1) is 11.8. The van der Waals surface area contributed by atoms with Gasteiger partial charge in [0.05, 0.1) is 17.5 Å². The number of nitrogens with zero attached hydrogens (tertiary/aromatic N) is 4. The van der Waals surface area contributed by atoms with E-state index in [0.717, 1.165) is 10.3 Å². The molecule has 0 N–H and O–H groups in total. The fourth-order valence-electron chi connectivity index (χ4n) is 2.68. The molecule has 0 bridgehead atoms. The van der Waals surface area contributed by atoms with Gasteiger partial charge in [-0.1, -0.05) is 0 Å². The van der Waals surface area contributed by atoms with Crippen molar-refractivity contribution in [2.45, 2.75) is 13.5 Å². The van der Waals surface area contributed by atoms with E-state index in [1.165, 1.54) is 35.8 Å². The molecule has 25 heavy (non-hydrogen) atoms. The van der Waals surface area contributed by atoms with Gasteiger partial charge in [0.1, 0.15) is 17.2 Å². The summed E-state index contributed by atoms with van der Waals surface area (Å²) in [6.07, 6.45) is 1.37. The Bertz CT molecular complexity index is 1090. The largest absolute Gasteiger partial charge is 0.464 e. The first-order valence-electron chi connectivity index (χ1n) is 7.66. The van der Waals surface area contributed by atoms with E-state index in [-0.39, 0.29) is 22.5 Å². The molecule has 0 saturated heterocycles. The third-order valence-corrected chi connectivity index (χ3v) is 4.08. The number of aromatic nitrogens is 3. The van der Waals surface area contributed by atoms with Gasteiger partial charge in [0.2, 0.25) is 0 Å². The van der Waals surface area contributed by atoms with Gasteiger partial charge in [-0.25, -0.2) is 9.78 Å². The van der Waals surface area contributed by atoms with Crippen LogP contribution < -0.4 is 11.2 Å². The molecule has 8 nitrogen and oxygen atoms in total. The van der Waals surface area contributed by atoms with Crippen LogP contribution in [0, 0.1) is 6.92 Å². The second kappa shape index (κ2) is 6.04. The van der Waals surface area contributed by atoms with Crippen molar-refractivity contribution in [1.29, 1.82) is 0 Å². The number of rotatable bonds is 3. The molecule has 0 radical (unpaired) electrons. The topological polar surface area (TPSA) is 90.3 Å². The van der Waals surface area contributed by atoms with Crippen LogP contribution >= 0.6 is 0 Å². The normalized spacial score (nSPS) is 11.0. The number of pyridine rings is 1. The van der Waals surface area contributed by atoms with Crippen LogP contribution in [0.2, 0.25) is 0 Å². The Labute approximate surface area is 142 Å². The molecule has 3 heterocycles. The van der Waals surface area contributed by atoms with Crippen LogP contribution in [0.5, 0.6) is 0 Å². The Balaban J connectivity index is 2.00. The molecule has 0 aliphatic rings. The van der Waals surface area contributed by atoms with Gasteiger partial charge in [0.25, 0.3) is 11.5 Å². The number of carbonyl (C=O) groups is 1. The van der Waals surface area contributed by atoms with Gasteiger partial charge in [-0.15, -0.1) is 0 Å². The van der Waals surface area contributed by atoms with E-state index >= 15 is 0 Å². The summed E-state index contributed by atoms with van der Waals surface area (Å²) in [4.78, 5) is 42.5. The lowest BCUT2D eigenvalue weighted by atomic mass is 10.2. The van der Waals surface area contributed by atoms with Crippen molar-refractivity contribution in [3.8, 4) is 0 Å². The van der Waals surface area contributed by atoms with E-state index < -0.39 is 11.2 Å². The monoisotopic (exact) mass is 342 g/mol. The van der Waals surface area contributed by atoms with Crippen LogP contribution in [0.25, 0.3) is 11.0 Å². The molecule has 0 atom stereocenters. The molecule has 0 unspecified atom stereocenters. The maximum Gasteiger partial charge on any atom is 0.332 e. The van der Waals surface area contributed by atoms with Crippen molar-refractivity contribution in [3.63, 3.8) is 0 Å². The summed E-state index contributed by atoms with van der Waals surface area (Å²) in [5, 5.41) is 0.220.